The molecule has 0 aromatic heterocycles. The summed E-state index contributed by atoms with van der Waals surface area (Å²) < 4.78 is 11.2. The van der Waals surface area contributed by atoms with Crippen LogP contribution in [0.5, 0.6) is 11.5 Å². The van der Waals surface area contributed by atoms with Crippen molar-refractivity contribution in [3.63, 3.8) is 0 Å². The summed E-state index contributed by atoms with van der Waals surface area (Å²) in [4.78, 5) is 28.1. The summed E-state index contributed by atoms with van der Waals surface area (Å²) in [5, 5.41) is 11.3. The van der Waals surface area contributed by atoms with Crippen LogP contribution in [0.3, 0.4) is 0 Å². The monoisotopic (exact) mass is 463 g/mol. The highest BCUT2D eigenvalue weighted by molar-refractivity contribution is 6.46. The van der Waals surface area contributed by atoms with E-state index in [1.807, 2.05) is 24.3 Å². The zero-order chi connectivity index (χ0) is 24.1. The Labute approximate surface area is 201 Å². The number of aliphatic hydroxyl groups excluding tert-OH is 1. The van der Waals surface area contributed by atoms with Crippen LogP contribution in [0, 0.1) is 0 Å². The molecule has 180 valence electrons. The summed E-state index contributed by atoms with van der Waals surface area (Å²) >= 11 is 0. The predicted octanol–water partition coefficient (Wildman–Crippen LogP) is 5.63. The van der Waals surface area contributed by atoms with Gasteiger partial charge in [0.25, 0.3) is 11.7 Å². The van der Waals surface area contributed by atoms with Gasteiger partial charge in [0.1, 0.15) is 17.3 Å². The molecule has 2 aliphatic rings. The summed E-state index contributed by atoms with van der Waals surface area (Å²) in [7, 11) is 1.58. The van der Waals surface area contributed by atoms with Crippen molar-refractivity contribution < 1.29 is 24.2 Å². The highest BCUT2D eigenvalue weighted by Crippen LogP contribution is 2.44. The maximum atomic E-state index is 13.2. The van der Waals surface area contributed by atoms with E-state index < -0.39 is 17.7 Å². The molecular weight excluding hydrogens is 430 g/mol. The molecule has 1 aliphatic heterocycles. The quantitative estimate of drug-likeness (QED) is 0.226. The Morgan fingerprint density at radius 1 is 1.03 bits per heavy atom. The van der Waals surface area contributed by atoms with E-state index >= 15 is 0 Å². The van der Waals surface area contributed by atoms with Crippen molar-refractivity contribution in [3.8, 4) is 11.5 Å². The van der Waals surface area contributed by atoms with E-state index in [9.17, 15) is 14.7 Å². The molecule has 1 N–H and O–H groups in total. The average molecular weight is 464 g/mol. The first-order valence-electron chi connectivity index (χ1n) is 12.2. The minimum Gasteiger partial charge on any atom is -0.507 e. The van der Waals surface area contributed by atoms with Gasteiger partial charge in [0.2, 0.25) is 0 Å². The molecule has 6 nitrogen and oxygen atoms in total. The summed E-state index contributed by atoms with van der Waals surface area (Å²) in [5.74, 6) is 0.000879. The smallest absolute Gasteiger partial charge is 0.295 e. The molecule has 1 saturated carbocycles. The van der Waals surface area contributed by atoms with Gasteiger partial charge < -0.3 is 19.5 Å². The van der Waals surface area contributed by atoms with E-state index in [4.69, 9.17) is 9.47 Å². The topological polar surface area (TPSA) is 76.1 Å². The van der Waals surface area contributed by atoms with Crippen molar-refractivity contribution in [1.82, 2.24) is 4.90 Å². The number of rotatable bonds is 9. The van der Waals surface area contributed by atoms with Gasteiger partial charge in [-0.15, -0.1) is 0 Å². The van der Waals surface area contributed by atoms with Gasteiger partial charge in [0, 0.05) is 11.6 Å². The number of benzene rings is 2. The van der Waals surface area contributed by atoms with E-state index in [1.165, 1.54) is 0 Å². The van der Waals surface area contributed by atoms with Gasteiger partial charge in [-0.05, 0) is 61.2 Å². The van der Waals surface area contributed by atoms with E-state index in [2.05, 4.69) is 6.92 Å². The van der Waals surface area contributed by atoms with Gasteiger partial charge in [-0.3, -0.25) is 9.59 Å². The van der Waals surface area contributed by atoms with Crippen LogP contribution in [0.1, 0.15) is 69.0 Å². The summed E-state index contributed by atoms with van der Waals surface area (Å²) in [6, 6.07) is 13.7. The normalized spacial score (nSPS) is 20.2. The fourth-order valence-corrected chi connectivity index (χ4v) is 4.95. The molecule has 4 rings (SSSR count). The first-order valence-corrected chi connectivity index (χ1v) is 12.2. The number of amides is 1. The van der Waals surface area contributed by atoms with Crippen LogP contribution < -0.4 is 9.47 Å². The molecule has 1 amide bonds. The number of unbranched alkanes of at least 4 members (excludes halogenated alkanes) is 2. The number of methoxy groups -OCH3 is 1. The number of likely N-dealkylation sites (tertiary alicyclic amines) is 1. The second-order valence-electron chi connectivity index (χ2n) is 9.00. The van der Waals surface area contributed by atoms with E-state index in [0.717, 1.165) is 50.5 Å². The number of nitrogens with zero attached hydrogens (tertiary/aromatic N) is 1. The van der Waals surface area contributed by atoms with Crippen LogP contribution in [0.25, 0.3) is 5.76 Å². The van der Waals surface area contributed by atoms with Crippen LogP contribution >= 0.6 is 0 Å². The van der Waals surface area contributed by atoms with Gasteiger partial charge in [-0.25, -0.2) is 0 Å². The molecule has 1 aliphatic carbocycles. The summed E-state index contributed by atoms with van der Waals surface area (Å²) in [5.41, 5.74) is 1.36. The fraction of sp³-hybridized carbons (Fsp3) is 0.429. The Morgan fingerprint density at radius 2 is 1.76 bits per heavy atom. The first-order chi connectivity index (χ1) is 16.5. The number of carbonyl (C=O) groups excluding carboxylic acids is 2. The molecule has 34 heavy (non-hydrogen) atoms. The van der Waals surface area contributed by atoms with Crippen molar-refractivity contribution in [3.05, 3.63) is 65.2 Å². The largest absolute Gasteiger partial charge is 0.507 e. The SMILES string of the molecule is CCCCCOc1ccc(/C(O)=C2/C(=O)C(=O)N(C3CCCC3)C2c2cccc(OC)c2)cc1. The number of ketones is 1. The molecule has 1 heterocycles. The molecule has 1 saturated heterocycles. The molecule has 2 aromatic carbocycles. The van der Waals surface area contributed by atoms with E-state index in [0.29, 0.717) is 23.7 Å². The highest BCUT2D eigenvalue weighted by atomic mass is 16.5. The summed E-state index contributed by atoms with van der Waals surface area (Å²) in [6.45, 7) is 2.79. The van der Waals surface area contributed by atoms with Crippen LogP contribution in [0.4, 0.5) is 0 Å². The van der Waals surface area contributed by atoms with Gasteiger partial charge in [0.15, 0.2) is 0 Å². The van der Waals surface area contributed by atoms with E-state index in [1.54, 1.807) is 36.3 Å². The number of ether oxygens (including phenoxy) is 2. The first kappa shape index (κ1) is 23.9. The molecule has 1 unspecified atom stereocenters. The highest BCUT2D eigenvalue weighted by Gasteiger charge is 2.49. The Kier molecular flexibility index (Phi) is 7.56. The maximum absolute atomic E-state index is 13.2. The van der Waals surface area contributed by atoms with Crippen molar-refractivity contribution >= 4 is 17.4 Å². The zero-order valence-corrected chi connectivity index (χ0v) is 20.0. The minimum absolute atomic E-state index is 0.0168. The van der Waals surface area contributed by atoms with Crippen molar-refractivity contribution in [2.24, 2.45) is 0 Å². The lowest BCUT2D eigenvalue weighted by Gasteiger charge is -2.31. The Bertz CT molecular complexity index is 1050. The molecule has 6 heteroatoms. The summed E-state index contributed by atoms with van der Waals surface area (Å²) in [6.07, 6.45) is 7.00. The molecule has 2 fully saturated rings. The molecule has 2 aromatic rings. The standard InChI is InChI=1S/C28H33NO5/c1-3-4-7-17-34-22-15-13-19(14-16-22)26(30)24-25(20-9-8-12-23(18-20)33-2)29(28(32)27(24)31)21-10-5-6-11-21/h8-9,12-16,18,21,25,30H,3-7,10-11,17H2,1-2H3/b26-24-. The molecule has 0 spiro atoms. The number of aliphatic hydroxyl groups is 1. The minimum atomic E-state index is -0.650. The van der Waals surface area contributed by atoms with Crippen LogP contribution in [-0.2, 0) is 9.59 Å². The maximum Gasteiger partial charge on any atom is 0.295 e. The lowest BCUT2D eigenvalue weighted by Crippen LogP contribution is -2.37. The fourth-order valence-electron chi connectivity index (χ4n) is 4.95. The Hall–Kier alpha value is -3.28. The second-order valence-corrected chi connectivity index (χ2v) is 9.00. The number of hydrogen-bond donors (Lipinski definition) is 1. The number of Topliss-reactive ketones (excluding diaryl/α,β-unsaturated/α-hetero) is 1. The third-order valence-electron chi connectivity index (χ3n) is 6.75. The lowest BCUT2D eigenvalue weighted by atomic mass is 9.94. The third-order valence-corrected chi connectivity index (χ3v) is 6.75. The predicted molar refractivity (Wildman–Crippen MR) is 131 cm³/mol. The Balaban J connectivity index is 1.71. The van der Waals surface area contributed by atoms with Crippen molar-refractivity contribution in [2.75, 3.05) is 13.7 Å². The van der Waals surface area contributed by atoms with Crippen molar-refractivity contribution in [2.45, 2.75) is 64.0 Å². The van der Waals surface area contributed by atoms with Crippen LogP contribution in [0.2, 0.25) is 0 Å². The molecule has 1 atom stereocenters. The van der Waals surface area contributed by atoms with Gasteiger partial charge in [-0.2, -0.15) is 0 Å². The van der Waals surface area contributed by atoms with Crippen LogP contribution in [-0.4, -0.2) is 41.5 Å². The molecule has 0 bridgehead atoms. The third kappa shape index (κ3) is 4.81. The Morgan fingerprint density at radius 3 is 2.44 bits per heavy atom. The lowest BCUT2D eigenvalue weighted by molar-refractivity contribution is -0.141. The second kappa shape index (κ2) is 10.8. The van der Waals surface area contributed by atoms with Crippen LogP contribution in [0.15, 0.2) is 54.1 Å². The van der Waals surface area contributed by atoms with Gasteiger partial charge >= 0.3 is 0 Å². The van der Waals surface area contributed by atoms with Crippen molar-refractivity contribution in [1.29, 1.82) is 0 Å². The number of carbonyl (C=O) groups is 2. The van der Waals surface area contributed by atoms with Gasteiger partial charge in [0.05, 0.1) is 25.3 Å². The number of hydrogen-bond acceptors (Lipinski definition) is 5. The van der Waals surface area contributed by atoms with Gasteiger partial charge in [-0.1, -0.05) is 44.7 Å². The molecule has 0 radical (unpaired) electrons. The average Bonchev–Trinajstić information content (AvgIpc) is 3.48. The molecular formula is C28H33NO5. The van der Waals surface area contributed by atoms with E-state index in [-0.39, 0.29) is 17.4 Å². The zero-order valence-electron chi connectivity index (χ0n) is 20.0.